The average Bonchev–Trinajstić information content (AvgIpc) is 3.33. The van der Waals surface area contributed by atoms with Crippen LogP contribution in [0, 0.1) is 0 Å². The number of pyridine rings is 1. The van der Waals surface area contributed by atoms with E-state index in [1.54, 1.807) is 24.4 Å². The molecule has 0 unspecified atom stereocenters. The maximum Gasteiger partial charge on any atom is 0.281 e. The van der Waals surface area contributed by atoms with Gasteiger partial charge in [-0.25, -0.2) is 13.4 Å². The van der Waals surface area contributed by atoms with Gasteiger partial charge in [-0.3, -0.25) is 18.7 Å². The molecule has 1 amide bonds. The van der Waals surface area contributed by atoms with E-state index in [0.717, 1.165) is 15.5 Å². The van der Waals surface area contributed by atoms with Crippen molar-refractivity contribution in [3.8, 4) is 5.75 Å². The smallest absolute Gasteiger partial charge is 0.281 e. The number of rotatable bonds is 8. The molecule has 1 aliphatic heterocycles. The molecule has 0 bridgehead atoms. The van der Waals surface area contributed by atoms with Crippen molar-refractivity contribution in [3.05, 3.63) is 66.7 Å². The Hall–Kier alpha value is -3.73. The highest BCUT2D eigenvalue weighted by molar-refractivity contribution is 7.89. The maximum atomic E-state index is 12.6. The number of aromatic nitrogens is 3. The highest BCUT2D eigenvalue weighted by Gasteiger charge is 2.19. The van der Waals surface area contributed by atoms with Crippen LogP contribution in [0.3, 0.4) is 0 Å². The fourth-order valence-corrected chi connectivity index (χ4v) is 4.45. The molecular weight excluding hydrogens is 444 g/mol. The van der Waals surface area contributed by atoms with Crippen molar-refractivity contribution < 1.29 is 17.9 Å². The molecule has 4 rings (SSSR count). The van der Waals surface area contributed by atoms with Gasteiger partial charge < -0.3 is 10.1 Å². The lowest BCUT2D eigenvalue weighted by molar-refractivity contribution is 0.0996. The van der Waals surface area contributed by atoms with Crippen molar-refractivity contribution in [2.75, 3.05) is 31.3 Å². The average molecular weight is 469 g/mol. The van der Waals surface area contributed by atoms with Gasteiger partial charge in [-0.2, -0.15) is 4.99 Å². The van der Waals surface area contributed by atoms with E-state index < -0.39 is 15.9 Å². The van der Waals surface area contributed by atoms with E-state index in [1.807, 2.05) is 16.7 Å². The number of carbonyl (C=O) groups is 1. The standard InChI is InChI=1S/C22H24N6O4S/c1-3-27(2)33(30,31)14-6-13-32-18-9-4-8-17-19(18)25-22(28-12-11-24-20(17)28)26-21(29)16-7-5-10-23-15-16/h3-5,7-10,15,24H,1,6,11-14H2,2H3. The number of amides is 1. The van der Waals surface area contributed by atoms with Gasteiger partial charge >= 0.3 is 0 Å². The van der Waals surface area contributed by atoms with Crippen molar-refractivity contribution in [1.29, 1.82) is 0 Å². The summed E-state index contributed by atoms with van der Waals surface area (Å²) in [7, 11) is -1.97. The molecule has 172 valence electrons. The lowest BCUT2D eigenvalue weighted by atomic mass is 10.2. The molecule has 0 atom stereocenters. The largest absolute Gasteiger partial charge is 0.491 e. The second-order valence-corrected chi connectivity index (χ2v) is 9.51. The maximum absolute atomic E-state index is 12.6. The topological polar surface area (TPSA) is 119 Å². The van der Waals surface area contributed by atoms with Gasteiger partial charge in [0.25, 0.3) is 5.91 Å². The number of anilines is 1. The first-order chi connectivity index (χ1) is 15.9. The summed E-state index contributed by atoms with van der Waals surface area (Å²) in [5.74, 6) is 0.787. The van der Waals surface area contributed by atoms with Crippen molar-refractivity contribution in [2.24, 2.45) is 4.99 Å². The van der Waals surface area contributed by atoms with E-state index in [9.17, 15) is 13.2 Å². The first-order valence-electron chi connectivity index (χ1n) is 10.4. The first kappa shape index (κ1) is 22.5. The van der Waals surface area contributed by atoms with Gasteiger partial charge in [-0.05, 0) is 30.7 Å². The Bertz CT molecular complexity index is 1370. The van der Waals surface area contributed by atoms with Crippen molar-refractivity contribution in [2.45, 2.75) is 13.0 Å². The van der Waals surface area contributed by atoms with E-state index in [2.05, 4.69) is 26.9 Å². The zero-order valence-corrected chi connectivity index (χ0v) is 19.0. The normalized spacial score (nSPS) is 13.4. The Labute approximate surface area is 191 Å². The molecule has 1 N–H and O–H groups in total. The predicted octanol–water partition coefficient (Wildman–Crippen LogP) is 1.77. The monoisotopic (exact) mass is 468 g/mol. The summed E-state index contributed by atoms with van der Waals surface area (Å²) in [6.07, 6.45) is 4.60. The van der Waals surface area contributed by atoms with Crippen LogP contribution in [0.25, 0.3) is 10.9 Å². The van der Waals surface area contributed by atoms with E-state index >= 15 is 0 Å². The highest BCUT2D eigenvalue weighted by atomic mass is 32.2. The molecule has 1 aliphatic rings. The number of carbonyl (C=O) groups excluding carboxylic acids is 1. The van der Waals surface area contributed by atoms with Crippen LogP contribution in [0.5, 0.6) is 5.75 Å². The van der Waals surface area contributed by atoms with Crippen LogP contribution in [0.2, 0.25) is 0 Å². The number of nitrogens with zero attached hydrogens (tertiary/aromatic N) is 5. The van der Waals surface area contributed by atoms with Gasteiger partial charge in [-0.15, -0.1) is 0 Å². The third-order valence-electron chi connectivity index (χ3n) is 5.22. The zero-order valence-electron chi connectivity index (χ0n) is 18.1. The van der Waals surface area contributed by atoms with Crippen LogP contribution >= 0.6 is 0 Å². The molecule has 33 heavy (non-hydrogen) atoms. The summed E-state index contributed by atoms with van der Waals surface area (Å²) in [4.78, 5) is 25.5. The minimum Gasteiger partial charge on any atom is -0.491 e. The number of fused-ring (bicyclic) bond motifs is 3. The summed E-state index contributed by atoms with van der Waals surface area (Å²) in [6, 6.07) is 8.85. The molecule has 2 aromatic heterocycles. The molecule has 0 saturated heterocycles. The third-order valence-corrected chi connectivity index (χ3v) is 7.05. The van der Waals surface area contributed by atoms with Crippen molar-refractivity contribution in [3.63, 3.8) is 0 Å². The number of ether oxygens (including phenoxy) is 1. The Balaban J connectivity index is 1.64. The minimum atomic E-state index is -3.41. The fraction of sp³-hybridized carbons (Fsp3) is 0.273. The molecule has 3 aromatic rings. The summed E-state index contributed by atoms with van der Waals surface area (Å²) in [6.45, 7) is 4.97. The first-order valence-corrected chi connectivity index (χ1v) is 12.0. The molecule has 0 fully saturated rings. The SMILES string of the molecule is C=CN(C)S(=O)(=O)CCCOc1cccc2c3n(c(=NC(=O)c4cccnc4)nc12)CCN3. The van der Waals surface area contributed by atoms with E-state index in [-0.39, 0.29) is 18.0 Å². The molecule has 11 heteroatoms. The van der Waals surface area contributed by atoms with Gasteiger partial charge in [0, 0.05) is 44.1 Å². The molecule has 3 heterocycles. The second kappa shape index (κ2) is 9.41. The van der Waals surface area contributed by atoms with Crippen LogP contribution in [0.1, 0.15) is 16.8 Å². The predicted molar refractivity (Wildman–Crippen MR) is 124 cm³/mol. The van der Waals surface area contributed by atoms with Gasteiger partial charge in [0.15, 0.2) is 0 Å². The number of hydrogen-bond donors (Lipinski definition) is 1. The van der Waals surface area contributed by atoms with Crippen LogP contribution in [-0.2, 0) is 16.6 Å². The molecule has 0 spiro atoms. The summed E-state index contributed by atoms with van der Waals surface area (Å²) < 4.78 is 33.0. The molecule has 0 aliphatic carbocycles. The van der Waals surface area contributed by atoms with E-state index in [0.29, 0.717) is 36.3 Å². The van der Waals surface area contributed by atoms with Crippen LogP contribution in [0.4, 0.5) is 5.82 Å². The van der Waals surface area contributed by atoms with Gasteiger partial charge in [-0.1, -0.05) is 12.6 Å². The Morgan fingerprint density at radius 1 is 1.36 bits per heavy atom. The number of para-hydroxylation sites is 1. The Kier molecular flexibility index (Phi) is 6.40. The number of sulfonamides is 1. The summed E-state index contributed by atoms with van der Waals surface area (Å²) in [5.41, 5.74) is 1.18. The fourth-order valence-electron chi connectivity index (χ4n) is 3.45. The Morgan fingerprint density at radius 2 is 2.21 bits per heavy atom. The third kappa shape index (κ3) is 4.72. The number of hydrogen-bond acceptors (Lipinski definition) is 7. The molecule has 1 aromatic carbocycles. The summed E-state index contributed by atoms with van der Waals surface area (Å²) >= 11 is 0. The van der Waals surface area contributed by atoms with Crippen molar-refractivity contribution >= 4 is 32.7 Å². The van der Waals surface area contributed by atoms with E-state index in [4.69, 9.17) is 4.74 Å². The molecular formula is C22H24N6O4S. The van der Waals surface area contributed by atoms with Gasteiger partial charge in [0.2, 0.25) is 15.6 Å². The van der Waals surface area contributed by atoms with Gasteiger partial charge in [0.1, 0.15) is 17.1 Å². The molecule has 0 radical (unpaired) electrons. The zero-order chi connectivity index (χ0) is 23.4. The van der Waals surface area contributed by atoms with Crippen LogP contribution < -0.4 is 15.7 Å². The van der Waals surface area contributed by atoms with Gasteiger partial charge in [0.05, 0.1) is 17.9 Å². The highest BCUT2D eigenvalue weighted by Crippen LogP contribution is 2.29. The summed E-state index contributed by atoms with van der Waals surface area (Å²) in [5, 5.41) is 4.15. The van der Waals surface area contributed by atoms with E-state index in [1.165, 1.54) is 19.4 Å². The Morgan fingerprint density at radius 3 is 2.97 bits per heavy atom. The number of benzene rings is 1. The minimum absolute atomic E-state index is 0.0687. The number of nitrogens with one attached hydrogen (secondary N) is 1. The quantitative estimate of drug-likeness (QED) is 0.501. The molecule has 10 nitrogen and oxygen atoms in total. The second-order valence-electron chi connectivity index (χ2n) is 7.37. The lowest BCUT2D eigenvalue weighted by Crippen LogP contribution is -2.25. The molecule has 0 saturated carbocycles. The van der Waals surface area contributed by atoms with Crippen LogP contribution in [0.15, 0.2) is 60.5 Å². The van der Waals surface area contributed by atoms with Crippen LogP contribution in [-0.4, -0.2) is 59.1 Å². The van der Waals surface area contributed by atoms with Crippen molar-refractivity contribution in [1.82, 2.24) is 18.8 Å². The lowest BCUT2D eigenvalue weighted by Gasteiger charge is -2.15.